The van der Waals surface area contributed by atoms with Crippen molar-refractivity contribution < 1.29 is 9.53 Å². The topological polar surface area (TPSA) is 50.4 Å². The number of halogens is 1. The second-order valence-corrected chi connectivity index (χ2v) is 5.71. The Bertz CT molecular complexity index is 474. The zero-order chi connectivity index (χ0) is 15.1. The van der Waals surface area contributed by atoms with Gasteiger partial charge in [0.1, 0.15) is 5.75 Å². The number of amides is 1. The summed E-state index contributed by atoms with van der Waals surface area (Å²) in [6.45, 7) is 6.69. The summed E-state index contributed by atoms with van der Waals surface area (Å²) in [6.07, 6.45) is 4.23. The number of hydrogen-bond acceptors (Lipinski definition) is 3. The van der Waals surface area contributed by atoms with Gasteiger partial charge in [-0.3, -0.25) is 4.79 Å². The van der Waals surface area contributed by atoms with Gasteiger partial charge in [-0.2, -0.15) is 0 Å². The first-order valence-electron chi connectivity index (χ1n) is 7.95. The van der Waals surface area contributed by atoms with E-state index in [4.69, 9.17) is 4.74 Å². The van der Waals surface area contributed by atoms with Crippen molar-refractivity contribution in [1.29, 1.82) is 0 Å². The Morgan fingerprint density at radius 1 is 1.45 bits per heavy atom. The van der Waals surface area contributed by atoms with Crippen LogP contribution in [0.5, 0.6) is 5.75 Å². The van der Waals surface area contributed by atoms with Gasteiger partial charge in [0.05, 0.1) is 12.5 Å². The highest BCUT2D eigenvalue weighted by atomic mass is 35.5. The summed E-state index contributed by atoms with van der Waals surface area (Å²) < 4.78 is 5.68. The standard InChI is InChI=1S/C17H26N2O2.ClH/c1-3-4-10-21-15-7-8-16(13(2)11-15)19-17(20)14-6-5-9-18-12-14;/h7-8,11,14,18H,3-6,9-10,12H2,1-2H3,(H,19,20);1H. The monoisotopic (exact) mass is 326 g/mol. The molecule has 1 aliphatic rings. The molecule has 0 aliphatic carbocycles. The average Bonchev–Trinajstić information content (AvgIpc) is 2.51. The third kappa shape index (κ3) is 5.50. The molecule has 2 rings (SSSR count). The molecule has 0 bridgehead atoms. The molecule has 1 fully saturated rings. The van der Waals surface area contributed by atoms with Crippen molar-refractivity contribution in [2.45, 2.75) is 39.5 Å². The summed E-state index contributed by atoms with van der Waals surface area (Å²) in [5.74, 6) is 1.07. The predicted octanol–water partition coefficient (Wildman–Crippen LogP) is 3.53. The first kappa shape index (κ1) is 18.8. The van der Waals surface area contributed by atoms with E-state index in [1.165, 1.54) is 0 Å². The van der Waals surface area contributed by atoms with Gasteiger partial charge in [-0.1, -0.05) is 13.3 Å². The number of hydrogen-bond donors (Lipinski definition) is 2. The maximum Gasteiger partial charge on any atom is 0.228 e. The number of aryl methyl sites for hydroxylation is 1. The van der Waals surface area contributed by atoms with E-state index in [1.54, 1.807) is 0 Å². The van der Waals surface area contributed by atoms with Crippen LogP contribution < -0.4 is 15.4 Å². The fourth-order valence-electron chi connectivity index (χ4n) is 2.51. The van der Waals surface area contributed by atoms with E-state index < -0.39 is 0 Å². The Labute approximate surface area is 139 Å². The van der Waals surface area contributed by atoms with Gasteiger partial charge >= 0.3 is 0 Å². The summed E-state index contributed by atoms with van der Waals surface area (Å²) in [7, 11) is 0. The molecule has 0 saturated carbocycles. The molecule has 1 aliphatic heterocycles. The minimum atomic E-state index is 0. The third-order valence-corrected chi connectivity index (χ3v) is 3.89. The van der Waals surface area contributed by atoms with E-state index in [0.717, 1.165) is 62.4 Å². The smallest absolute Gasteiger partial charge is 0.228 e. The van der Waals surface area contributed by atoms with Crippen molar-refractivity contribution in [1.82, 2.24) is 5.32 Å². The van der Waals surface area contributed by atoms with Gasteiger partial charge in [0, 0.05) is 12.2 Å². The molecule has 1 atom stereocenters. The van der Waals surface area contributed by atoms with E-state index in [-0.39, 0.29) is 24.2 Å². The molecule has 5 heteroatoms. The van der Waals surface area contributed by atoms with E-state index in [0.29, 0.717) is 0 Å². The van der Waals surface area contributed by atoms with Gasteiger partial charge in [-0.05, 0) is 56.5 Å². The van der Waals surface area contributed by atoms with Gasteiger partial charge in [0.25, 0.3) is 0 Å². The minimum absolute atomic E-state index is 0. The van der Waals surface area contributed by atoms with Crippen LogP contribution in [0.3, 0.4) is 0 Å². The Hall–Kier alpha value is -1.26. The SMILES string of the molecule is CCCCOc1ccc(NC(=O)C2CCCNC2)c(C)c1.Cl. The molecule has 1 aromatic rings. The molecular weight excluding hydrogens is 300 g/mol. The number of unbranched alkanes of at least 4 members (excludes halogenated alkanes) is 1. The lowest BCUT2D eigenvalue weighted by molar-refractivity contribution is -0.120. The summed E-state index contributed by atoms with van der Waals surface area (Å²) in [5.41, 5.74) is 1.93. The fourth-order valence-corrected chi connectivity index (χ4v) is 2.51. The fraction of sp³-hybridized carbons (Fsp3) is 0.588. The van der Waals surface area contributed by atoms with Crippen molar-refractivity contribution >= 4 is 24.0 Å². The lowest BCUT2D eigenvalue weighted by Gasteiger charge is -2.22. The van der Waals surface area contributed by atoms with Crippen molar-refractivity contribution in [3.63, 3.8) is 0 Å². The van der Waals surface area contributed by atoms with E-state index in [9.17, 15) is 4.79 Å². The van der Waals surface area contributed by atoms with Crippen LogP contribution in [0.15, 0.2) is 18.2 Å². The zero-order valence-corrected chi connectivity index (χ0v) is 14.3. The number of anilines is 1. The van der Waals surface area contributed by atoms with Crippen molar-refractivity contribution in [3.8, 4) is 5.75 Å². The van der Waals surface area contributed by atoms with Crippen molar-refractivity contribution in [2.75, 3.05) is 25.0 Å². The molecule has 0 aromatic heterocycles. The molecule has 1 unspecified atom stereocenters. The molecular formula is C17H27ClN2O2. The number of carbonyl (C=O) groups excluding carboxylic acids is 1. The van der Waals surface area contributed by atoms with Crippen LogP contribution >= 0.6 is 12.4 Å². The predicted molar refractivity (Wildman–Crippen MR) is 93.1 cm³/mol. The van der Waals surface area contributed by atoms with Gasteiger partial charge in [-0.25, -0.2) is 0 Å². The lowest BCUT2D eigenvalue weighted by Crippen LogP contribution is -2.37. The Morgan fingerprint density at radius 2 is 2.27 bits per heavy atom. The van der Waals surface area contributed by atoms with Crippen LogP contribution in [0, 0.1) is 12.8 Å². The number of piperidine rings is 1. The molecule has 0 spiro atoms. The number of carbonyl (C=O) groups is 1. The van der Waals surface area contributed by atoms with Crippen LogP contribution in [-0.2, 0) is 4.79 Å². The quantitative estimate of drug-likeness (QED) is 0.786. The van der Waals surface area contributed by atoms with E-state index in [1.807, 2.05) is 25.1 Å². The lowest BCUT2D eigenvalue weighted by atomic mass is 9.98. The second kappa shape index (κ2) is 9.70. The van der Waals surface area contributed by atoms with Crippen LogP contribution in [0.25, 0.3) is 0 Å². The normalized spacial score (nSPS) is 17.5. The van der Waals surface area contributed by atoms with Crippen LogP contribution in [-0.4, -0.2) is 25.6 Å². The molecule has 0 radical (unpaired) electrons. The molecule has 1 heterocycles. The first-order valence-corrected chi connectivity index (χ1v) is 7.95. The summed E-state index contributed by atoms with van der Waals surface area (Å²) >= 11 is 0. The molecule has 2 N–H and O–H groups in total. The average molecular weight is 327 g/mol. The van der Waals surface area contributed by atoms with Gasteiger partial charge in [0.15, 0.2) is 0 Å². The highest BCUT2D eigenvalue weighted by molar-refractivity contribution is 5.93. The largest absolute Gasteiger partial charge is 0.494 e. The number of ether oxygens (including phenoxy) is 1. The zero-order valence-electron chi connectivity index (χ0n) is 13.5. The number of benzene rings is 1. The molecule has 1 saturated heterocycles. The molecule has 4 nitrogen and oxygen atoms in total. The van der Waals surface area contributed by atoms with Gasteiger partial charge < -0.3 is 15.4 Å². The summed E-state index contributed by atoms with van der Waals surface area (Å²) in [5, 5.41) is 6.31. The Kier molecular flexibility index (Phi) is 8.28. The molecule has 1 aromatic carbocycles. The third-order valence-electron chi connectivity index (χ3n) is 3.89. The highest BCUT2D eigenvalue weighted by Gasteiger charge is 2.21. The first-order chi connectivity index (χ1) is 10.2. The van der Waals surface area contributed by atoms with Gasteiger partial charge in [-0.15, -0.1) is 12.4 Å². The number of nitrogens with one attached hydrogen (secondary N) is 2. The van der Waals surface area contributed by atoms with Crippen LogP contribution in [0.4, 0.5) is 5.69 Å². The molecule has 1 amide bonds. The van der Waals surface area contributed by atoms with Crippen molar-refractivity contribution in [3.05, 3.63) is 23.8 Å². The summed E-state index contributed by atoms with van der Waals surface area (Å²) in [6, 6.07) is 5.85. The van der Waals surface area contributed by atoms with Crippen LogP contribution in [0.1, 0.15) is 38.2 Å². The highest BCUT2D eigenvalue weighted by Crippen LogP contribution is 2.23. The Morgan fingerprint density at radius 3 is 2.91 bits per heavy atom. The Balaban J connectivity index is 0.00000242. The molecule has 22 heavy (non-hydrogen) atoms. The van der Waals surface area contributed by atoms with Crippen LogP contribution in [0.2, 0.25) is 0 Å². The van der Waals surface area contributed by atoms with E-state index in [2.05, 4.69) is 17.6 Å². The maximum atomic E-state index is 12.2. The second-order valence-electron chi connectivity index (χ2n) is 5.71. The van der Waals surface area contributed by atoms with E-state index >= 15 is 0 Å². The van der Waals surface area contributed by atoms with Gasteiger partial charge in [0.2, 0.25) is 5.91 Å². The summed E-state index contributed by atoms with van der Waals surface area (Å²) in [4.78, 5) is 12.2. The molecule has 124 valence electrons. The number of rotatable bonds is 6. The minimum Gasteiger partial charge on any atom is -0.494 e. The van der Waals surface area contributed by atoms with Crippen molar-refractivity contribution in [2.24, 2.45) is 5.92 Å². The maximum absolute atomic E-state index is 12.2.